The van der Waals surface area contributed by atoms with E-state index in [1.807, 2.05) is 0 Å². The van der Waals surface area contributed by atoms with Crippen LogP contribution in [0.4, 0.5) is 0 Å². The number of carboxylic acid groups (broad SMARTS) is 1. The van der Waals surface area contributed by atoms with Gasteiger partial charge in [0.05, 0.1) is 0 Å². The molecule has 17 heavy (non-hydrogen) atoms. The number of hydrogen-bond acceptors (Lipinski definition) is 6. The van der Waals surface area contributed by atoms with Crippen LogP contribution in [-0.2, 0) is 23.9 Å². The summed E-state index contributed by atoms with van der Waals surface area (Å²) < 4.78 is 9.57. The first-order valence-corrected chi connectivity index (χ1v) is 5.04. The summed E-state index contributed by atoms with van der Waals surface area (Å²) in [6.07, 6.45) is -0.873. The van der Waals surface area contributed by atoms with E-state index in [0.717, 1.165) is 0 Å². The van der Waals surface area contributed by atoms with Gasteiger partial charge in [0.2, 0.25) is 0 Å². The van der Waals surface area contributed by atoms with Crippen molar-refractivity contribution in [1.82, 2.24) is 0 Å². The second kappa shape index (κ2) is 6.85. The van der Waals surface area contributed by atoms with E-state index in [9.17, 15) is 14.4 Å². The Balaban J connectivity index is 4.59. The molecule has 3 N–H and O–H groups in total. The molecule has 0 rings (SSSR count). The minimum Gasteiger partial charge on any atom is -0.480 e. The van der Waals surface area contributed by atoms with Gasteiger partial charge in [0, 0.05) is 19.8 Å². The summed E-state index contributed by atoms with van der Waals surface area (Å²) >= 11 is 0. The number of nitrogens with two attached hydrogens (primary N) is 1. The van der Waals surface area contributed by atoms with Crippen molar-refractivity contribution in [3.05, 3.63) is 0 Å². The van der Waals surface area contributed by atoms with Crippen molar-refractivity contribution in [2.24, 2.45) is 11.7 Å². The summed E-state index contributed by atoms with van der Waals surface area (Å²) in [5, 5.41) is 8.74. The van der Waals surface area contributed by atoms with Gasteiger partial charge in [-0.25, -0.2) is 0 Å². The number of hydrogen-bond donors (Lipinski definition) is 2. The topological polar surface area (TPSA) is 116 Å². The first kappa shape index (κ1) is 15.4. The van der Waals surface area contributed by atoms with Crippen LogP contribution in [0.15, 0.2) is 0 Å². The monoisotopic (exact) mass is 247 g/mol. The van der Waals surface area contributed by atoms with Crippen molar-refractivity contribution in [3.8, 4) is 0 Å². The molecule has 0 aliphatic carbocycles. The van der Waals surface area contributed by atoms with Gasteiger partial charge in [0.25, 0.3) is 0 Å². The van der Waals surface area contributed by atoms with Crippen molar-refractivity contribution >= 4 is 17.9 Å². The fourth-order valence-corrected chi connectivity index (χ4v) is 1.16. The molecule has 0 saturated carbocycles. The minimum absolute atomic E-state index is 0.211. The smallest absolute Gasteiger partial charge is 0.320 e. The molecule has 98 valence electrons. The van der Waals surface area contributed by atoms with Gasteiger partial charge in [0.1, 0.15) is 18.8 Å². The summed E-state index contributed by atoms with van der Waals surface area (Å²) in [6, 6.07) is -1.20. The molecule has 3 unspecified atom stereocenters. The van der Waals surface area contributed by atoms with E-state index in [4.69, 9.17) is 20.3 Å². The van der Waals surface area contributed by atoms with Crippen LogP contribution in [0.2, 0.25) is 0 Å². The lowest BCUT2D eigenvalue weighted by atomic mass is 9.96. The van der Waals surface area contributed by atoms with E-state index in [2.05, 4.69) is 0 Å². The first-order chi connectivity index (χ1) is 7.75. The van der Waals surface area contributed by atoms with Gasteiger partial charge >= 0.3 is 17.9 Å². The molecule has 0 fully saturated rings. The number of carbonyl (C=O) groups excluding carboxylic acids is 2. The highest BCUT2D eigenvalue weighted by atomic mass is 16.6. The lowest BCUT2D eigenvalue weighted by Crippen LogP contribution is -2.45. The molecule has 7 nitrogen and oxygen atoms in total. The molecule has 0 amide bonds. The Labute approximate surface area is 98.9 Å². The number of aliphatic carboxylic acids is 1. The molecule has 0 aliphatic rings. The van der Waals surface area contributed by atoms with Crippen molar-refractivity contribution in [2.75, 3.05) is 6.61 Å². The Hall–Kier alpha value is -1.63. The molecular formula is C10H17NO6. The highest BCUT2D eigenvalue weighted by molar-refractivity contribution is 5.73. The first-order valence-electron chi connectivity index (χ1n) is 5.04. The number of rotatable bonds is 6. The highest BCUT2D eigenvalue weighted by Crippen LogP contribution is 2.12. The Bertz CT molecular complexity index is 303. The fourth-order valence-electron chi connectivity index (χ4n) is 1.16. The second-order valence-electron chi connectivity index (χ2n) is 3.67. The molecule has 0 saturated heterocycles. The third kappa shape index (κ3) is 5.86. The Morgan fingerprint density at radius 1 is 1.24 bits per heavy atom. The number of carbonyl (C=O) groups is 3. The van der Waals surface area contributed by atoms with E-state index < -0.39 is 36.0 Å². The Morgan fingerprint density at radius 2 is 1.76 bits per heavy atom. The van der Waals surface area contributed by atoms with E-state index in [0.29, 0.717) is 0 Å². The summed E-state index contributed by atoms with van der Waals surface area (Å²) in [5.41, 5.74) is 5.41. The average Bonchev–Trinajstić information content (AvgIpc) is 2.21. The molecule has 3 atom stereocenters. The van der Waals surface area contributed by atoms with Crippen molar-refractivity contribution in [3.63, 3.8) is 0 Å². The van der Waals surface area contributed by atoms with Crippen LogP contribution in [-0.4, -0.2) is 41.8 Å². The van der Waals surface area contributed by atoms with Gasteiger partial charge in [-0.05, 0) is 0 Å². The molecule has 0 heterocycles. The predicted molar refractivity (Wildman–Crippen MR) is 57.0 cm³/mol. The highest BCUT2D eigenvalue weighted by Gasteiger charge is 2.30. The Morgan fingerprint density at radius 3 is 2.12 bits per heavy atom. The minimum atomic E-state index is -1.21. The third-order valence-corrected chi connectivity index (χ3v) is 2.21. The van der Waals surface area contributed by atoms with Gasteiger partial charge in [0.15, 0.2) is 0 Å². The van der Waals surface area contributed by atoms with Gasteiger partial charge in [-0.1, -0.05) is 6.92 Å². The summed E-state index contributed by atoms with van der Waals surface area (Å²) in [7, 11) is 0. The van der Waals surface area contributed by atoms with E-state index in [1.165, 1.54) is 20.8 Å². The zero-order chi connectivity index (χ0) is 13.6. The van der Waals surface area contributed by atoms with Crippen LogP contribution in [0.1, 0.15) is 20.8 Å². The zero-order valence-corrected chi connectivity index (χ0v) is 10.0. The van der Waals surface area contributed by atoms with Gasteiger partial charge < -0.3 is 20.3 Å². The molecule has 0 bridgehead atoms. The number of ether oxygens (including phenoxy) is 2. The van der Waals surface area contributed by atoms with E-state index >= 15 is 0 Å². The lowest BCUT2D eigenvalue weighted by molar-refractivity contribution is -0.161. The van der Waals surface area contributed by atoms with Crippen LogP contribution in [0, 0.1) is 5.92 Å². The maximum Gasteiger partial charge on any atom is 0.320 e. The van der Waals surface area contributed by atoms with Crippen LogP contribution in [0.3, 0.4) is 0 Å². The zero-order valence-electron chi connectivity index (χ0n) is 10.0. The largest absolute Gasteiger partial charge is 0.480 e. The number of esters is 2. The van der Waals surface area contributed by atoms with Crippen molar-refractivity contribution < 1.29 is 29.0 Å². The summed E-state index contributed by atoms with van der Waals surface area (Å²) in [4.78, 5) is 32.2. The summed E-state index contributed by atoms with van der Waals surface area (Å²) in [6.45, 7) is 3.68. The third-order valence-electron chi connectivity index (χ3n) is 2.21. The standard InChI is InChI=1S/C10H17NO6/c1-5(9(11)10(14)15)8(17-7(3)13)4-16-6(2)12/h5,8-9H,4,11H2,1-3H3,(H,14,15). The van der Waals surface area contributed by atoms with Gasteiger partial charge in [-0.15, -0.1) is 0 Å². The van der Waals surface area contributed by atoms with Crippen LogP contribution < -0.4 is 5.73 Å². The molecule has 0 aromatic rings. The molecule has 0 aromatic carbocycles. The molecule has 0 aliphatic heterocycles. The quantitative estimate of drug-likeness (QED) is 0.609. The number of carboxylic acids is 1. The fraction of sp³-hybridized carbons (Fsp3) is 0.700. The van der Waals surface area contributed by atoms with Crippen LogP contribution >= 0.6 is 0 Å². The SMILES string of the molecule is CC(=O)OCC(OC(C)=O)C(C)C(N)C(=O)O. The van der Waals surface area contributed by atoms with Crippen molar-refractivity contribution in [2.45, 2.75) is 32.9 Å². The average molecular weight is 247 g/mol. The van der Waals surface area contributed by atoms with E-state index in [1.54, 1.807) is 0 Å². The molecule has 0 aromatic heterocycles. The van der Waals surface area contributed by atoms with Crippen LogP contribution in [0.5, 0.6) is 0 Å². The van der Waals surface area contributed by atoms with E-state index in [-0.39, 0.29) is 6.61 Å². The van der Waals surface area contributed by atoms with Gasteiger partial charge in [-0.2, -0.15) is 0 Å². The van der Waals surface area contributed by atoms with Crippen LogP contribution in [0.25, 0.3) is 0 Å². The molecular weight excluding hydrogens is 230 g/mol. The molecule has 0 spiro atoms. The van der Waals surface area contributed by atoms with Crippen molar-refractivity contribution in [1.29, 1.82) is 0 Å². The second-order valence-corrected chi connectivity index (χ2v) is 3.67. The van der Waals surface area contributed by atoms with Gasteiger partial charge in [-0.3, -0.25) is 14.4 Å². The lowest BCUT2D eigenvalue weighted by Gasteiger charge is -2.25. The predicted octanol–water partition coefficient (Wildman–Crippen LogP) is -0.471. The summed E-state index contributed by atoms with van der Waals surface area (Å²) in [5.74, 6) is -3.02. The normalized spacial score (nSPS) is 15.5. The maximum atomic E-state index is 10.8. The molecule has 0 radical (unpaired) electrons. The maximum absolute atomic E-state index is 10.8. The molecule has 7 heteroatoms. The Kier molecular flexibility index (Phi) is 6.19.